The van der Waals surface area contributed by atoms with E-state index in [0.717, 1.165) is 11.1 Å². The molecule has 0 bridgehead atoms. The lowest BCUT2D eigenvalue weighted by Crippen LogP contribution is -2.40. The zero-order valence-corrected chi connectivity index (χ0v) is 21.1. The second-order valence-corrected chi connectivity index (χ2v) is 8.27. The van der Waals surface area contributed by atoms with Crippen molar-refractivity contribution in [1.82, 2.24) is 15.1 Å². The lowest BCUT2D eigenvalue weighted by molar-refractivity contribution is -0.0212. The second-order valence-electron chi connectivity index (χ2n) is 8.27. The normalized spacial score (nSPS) is 32.5. The van der Waals surface area contributed by atoms with Gasteiger partial charge in [-0.05, 0) is 37.9 Å². The molecule has 2 heterocycles. The van der Waals surface area contributed by atoms with E-state index in [2.05, 4.69) is 5.32 Å². The fourth-order valence-corrected chi connectivity index (χ4v) is 3.42. The maximum absolute atomic E-state index is 9.23. The minimum atomic E-state index is -2.32. The Morgan fingerprint density at radius 3 is 2.23 bits per heavy atom. The van der Waals surface area contributed by atoms with E-state index in [1.54, 1.807) is 11.8 Å². The third-order valence-electron chi connectivity index (χ3n) is 4.97. The molecule has 2 atom stereocenters. The molecule has 196 valence electrons. The van der Waals surface area contributed by atoms with Gasteiger partial charge in [0.2, 0.25) is 0 Å². The fraction of sp³-hybridized carbons (Fsp3) is 0.586. The third kappa shape index (κ3) is 13.8. The molecular formula is C29H47N3O3. The molecule has 0 saturated carbocycles. The summed E-state index contributed by atoms with van der Waals surface area (Å²) >= 11 is 0. The average molecular weight is 496 g/mol. The highest BCUT2D eigenvalue weighted by Crippen LogP contribution is 2.09. The van der Waals surface area contributed by atoms with Gasteiger partial charge < -0.3 is 19.9 Å². The smallest absolute Gasteiger partial charge is 0.0674 e. The van der Waals surface area contributed by atoms with Crippen molar-refractivity contribution in [3.05, 3.63) is 71.8 Å². The SMILES string of the molecule is [2H]C([2H])(C)CN(Cc1ccccc1)CC([2H])([2H])O.[2H]C1([2H])CN(Cc2ccccc2)CC([2H])(C)O1.[2H]C1([2H])CNCC([2H])(C)O1. The van der Waals surface area contributed by atoms with E-state index in [1.807, 2.05) is 65.6 Å². The summed E-state index contributed by atoms with van der Waals surface area (Å²) in [5, 5.41) is 12.0. The van der Waals surface area contributed by atoms with Crippen LogP contribution in [0.25, 0.3) is 0 Å². The summed E-state index contributed by atoms with van der Waals surface area (Å²) in [5.41, 5.74) is 2.09. The van der Waals surface area contributed by atoms with Gasteiger partial charge in [0.05, 0.1) is 42.8 Å². The zero-order valence-electron chi connectivity index (χ0n) is 31.1. The first-order valence-electron chi connectivity index (χ1n) is 16.8. The highest BCUT2D eigenvalue weighted by atomic mass is 16.5. The van der Waals surface area contributed by atoms with Gasteiger partial charge in [-0.1, -0.05) is 67.6 Å². The Bertz CT molecular complexity index is 1100. The maximum Gasteiger partial charge on any atom is 0.0674 e. The largest absolute Gasteiger partial charge is 0.395 e. The van der Waals surface area contributed by atoms with E-state index in [0.29, 0.717) is 26.2 Å². The first kappa shape index (κ1) is 17.6. The van der Waals surface area contributed by atoms with Crippen molar-refractivity contribution in [2.24, 2.45) is 0 Å². The van der Waals surface area contributed by atoms with Crippen molar-refractivity contribution in [2.45, 2.75) is 52.4 Å². The summed E-state index contributed by atoms with van der Waals surface area (Å²) in [6.07, 6.45) is -3.74. The zero-order chi connectivity index (χ0) is 34.2. The first-order valence-corrected chi connectivity index (χ1v) is 11.8. The summed E-state index contributed by atoms with van der Waals surface area (Å²) in [6, 6.07) is 19.3. The molecule has 0 aliphatic carbocycles. The molecular weight excluding hydrogens is 438 g/mol. The molecule has 2 saturated heterocycles. The highest BCUT2D eigenvalue weighted by Gasteiger charge is 2.16. The van der Waals surface area contributed by atoms with Crippen LogP contribution >= 0.6 is 0 Å². The first-order chi connectivity index (χ1) is 20.4. The van der Waals surface area contributed by atoms with Crippen LogP contribution in [0.1, 0.15) is 52.0 Å². The summed E-state index contributed by atoms with van der Waals surface area (Å²) in [6.45, 7) is 0.921. The molecule has 35 heavy (non-hydrogen) atoms. The molecule has 4 rings (SSSR count). The van der Waals surface area contributed by atoms with Crippen molar-refractivity contribution < 1.29 is 28.3 Å². The highest BCUT2D eigenvalue weighted by molar-refractivity contribution is 5.15. The van der Waals surface area contributed by atoms with Gasteiger partial charge in [0.1, 0.15) is 0 Å². The van der Waals surface area contributed by atoms with Crippen molar-refractivity contribution in [3.8, 4) is 0 Å². The molecule has 2 unspecified atom stereocenters. The lowest BCUT2D eigenvalue weighted by atomic mass is 10.2. The lowest BCUT2D eigenvalue weighted by Gasteiger charge is -2.31. The standard InChI is InChI=1S/C12H17NO.C12H19NO.C5H11NO/c1-11-9-13(7-8-14-11)10-12-5-3-2-4-6-12;1-2-8-13(9-10-14)11-12-6-4-3-5-7-12;1-5-4-6-2-3-7-5/h2-6,11H,7-10H2,1H3;3-7,14H,2,8-11H2,1H3;5-6H,2-4H2,1H3/i8D2,11D;2D2,10D2;3D2,5D. The number of benzene rings is 2. The molecule has 0 spiro atoms. The van der Waals surface area contributed by atoms with Crippen molar-refractivity contribution in [3.63, 3.8) is 0 Å². The van der Waals surface area contributed by atoms with Gasteiger partial charge >= 0.3 is 0 Å². The Kier molecular flexibility index (Phi) is 9.30. The average Bonchev–Trinajstić information content (AvgIpc) is 2.80. The maximum atomic E-state index is 9.23. The van der Waals surface area contributed by atoms with E-state index in [1.165, 1.54) is 13.8 Å². The van der Waals surface area contributed by atoms with Crippen molar-refractivity contribution in [1.29, 1.82) is 0 Å². The molecule has 2 aliphatic heterocycles. The molecule has 2 aliphatic rings. The van der Waals surface area contributed by atoms with E-state index in [4.69, 9.17) is 23.2 Å². The van der Waals surface area contributed by atoms with E-state index in [9.17, 15) is 5.11 Å². The summed E-state index contributed by atoms with van der Waals surface area (Å²) in [4.78, 5) is 3.50. The van der Waals surface area contributed by atoms with Crippen LogP contribution in [0.4, 0.5) is 0 Å². The molecule has 6 heteroatoms. The van der Waals surface area contributed by atoms with Crippen LogP contribution in [0.15, 0.2) is 60.7 Å². The van der Waals surface area contributed by atoms with E-state index >= 15 is 0 Å². The van der Waals surface area contributed by atoms with Crippen LogP contribution in [0, 0.1) is 0 Å². The molecule has 0 radical (unpaired) electrons. The molecule has 2 aromatic carbocycles. The Balaban J connectivity index is 0.000000245. The molecule has 0 amide bonds. The number of nitrogens with one attached hydrogen (secondary N) is 1. The second kappa shape index (κ2) is 18.5. The van der Waals surface area contributed by atoms with Gasteiger partial charge in [-0.3, -0.25) is 9.80 Å². The van der Waals surface area contributed by atoms with Crippen LogP contribution in [0.5, 0.6) is 0 Å². The van der Waals surface area contributed by atoms with E-state index < -0.39 is 38.2 Å². The Labute approximate surface area is 227 Å². The molecule has 2 N–H and O–H groups in total. The van der Waals surface area contributed by atoms with Crippen LogP contribution < -0.4 is 5.32 Å². The Hall–Kier alpha value is -1.80. The summed E-state index contributed by atoms with van der Waals surface area (Å²) in [5.74, 6) is 0. The number of hydrogen-bond donors (Lipinski definition) is 2. The van der Waals surface area contributed by atoms with Gasteiger partial charge in [0, 0.05) is 48.6 Å². The predicted octanol–water partition coefficient (Wildman–Crippen LogP) is 3.79. The van der Waals surface area contributed by atoms with Crippen molar-refractivity contribution >= 4 is 0 Å². The summed E-state index contributed by atoms with van der Waals surface area (Å²) in [7, 11) is 0. The van der Waals surface area contributed by atoms with E-state index in [-0.39, 0.29) is 26.2 Å². The number of rotatable bonds is 8. The van der Waals surface area contributed by atoms with Gasteiger partial charge in [-0.15, -0.1) is 0 Å². The van der Waals surface area contributed by atoms with Crippen molar-refractivity contribution in [2.75, 3.05) is 58.9 Å². The molecule has 2 aromatic rings. The van der Waals surface area contributed by atoms with Gasteiger partial charge in [-0.2, -0.15) is 0 Å². The predicted molar refractivity (Wildman–Crippen MR) is 145 cm³/mol. The minimum Gasteiger partial charge on any atom is -0.395 e. The van der Waals surface area contributed by atoms with Crippen LogP contribution in [-0.2, 0) is 22.6 Å². The quantitative estimate of drug-likeness (QED) is 0.581. The number of hydrogen-bond acceptors (Lipinski definition) is 6. The molecule has 0 aromatic heterocycles. The van der Waals surface area contributed by atoms with Gasteiger partial charge in [0.15, 0.2) is 0 Å². The topological polar surface area (TPSA) is 57.2 Å². The molecule has 6 nitrogen and oxygen atoms in total. The minimum absolute atomic E-state index is 0.0714. The van der Waals surface area contributed by atoms with Crippen LogP contribution in [0.3, 0.4) is 0 Å². The van der Waals surface area contributed by atoms with Crippen LogP contribution in [0.2, 0.25) is 0 Å². The number of morpholine rings is 2. The summed E-state index contributed by atoms with van der Waals surface area (Å²) < 4.78 is 84.2. The number of nitrogens with zero attached hydrogens (tertiary/aromatic N) is 2. The Morgan fingerprint density at radius 1 is 1.03 bits per heavy atom. The third-order valence-corrected chi connectivity index (χ3v) is 4.97. The van der Waals surface area contributed by atoms with Crippen LogP contribution in [-0.4, -0.2) is 86.0 Å². The number of ether oxygens (including phenoxy) is 2. The van der Waals surface area contributed by atoms with Gasteiger partial charge in [0.25, 0.3) is 0 Å². The molecule has 2 fully saturated rings. The fourth-order valence-electron chi connectivity index (χ4n) is 3.42. The van der Waals surface area contributed by atoms with Gasteiger partial charge in [-0.25, -0.2) is 0 Å². The number of aliphatic hydroxyl groups is 1. The monoisotopic (exact) mass is 495 g/mol. The Morgan fingerprint density at radius 2 is 1.69 bits per heavy atom.